The number of nitrogens with zero attached hydrogens (tertiary/aromatic N) is 1. The number of benzene rings is 1. The maximum absolute atomic E-state index is 12.7. The lowest BCUT2D eigenvalue weighted by molar-refractivity contribution is -0.136. The zero-order chi connectivity index (χ0) is 17.1. The summed E-state index contributed by atoms with van der Waals surface area (Å²) in [6, 6.07) is 6.67. The molecule has 0 aliphatic carbocycles. The minimum Gasteiger partial charge on any atom is -0.507 e. The third-order valence-electron chi connectivity index (χ3n) is 3.69. The number of hydrogen-bond donors (Lipinski definition) is 1. The van der Waals surface area contributed by atoms with Gasteiger partial charge in [0.15, 0.2) is 0 Å². The van der Waals surface area contributed by atoms with Crippen LogP contribution in [0.15, 0.2) is 41.1 Å². The first-order valence-electron chi connectivity index (χ1n) is 7.48. The second-order valence-electron chi connectivity index (χ2n) is 5.88. The monoisotopic (exact) mass is 315 g/mol. The van der Waals surface area contributed by atoms with E-state index in [1.54, 1.807) is 30.0 Å². The van der Waals surface area contributed by atoms with Gasteiger partial charge in [-0.15, -0.1) is 0 Å². The van der Waals surface area contributed by atoms with Crippen LogP contribution in [-0.4, -0.2) is 35.5 Å². The molecule has 0 bridgehead atoms. The number of ether oxygens (including phenoxy) is 1. The largest absolute Gasteiger partial charge is 0.507 e. The minimum absolute atomic E-state index is 0.0528. The Morgan fingerprint density at radius 1 is 1.35 bits per heavy atom. The Balaban J connectivity index is 2.55. The second-order valence-corrected chi connectivity index (χ2v) is 5.88. The van der Waals surface area contributed by atoms with Crippen molar-refractivity contribution in [3.8, 4) is 5.75 Å². The van der Waals surface area contributed by atoms with Gasteiger partial charge in [0, 0.05) is 17.8 Å². The van der Waals surface area contributed by atoms with Gasteiger partial charge in [0.1, 0.15) is 5.75 Å². The number of allylic oxidation sites excluding steroid dienone is 1. The van der Waals surface area contributed by atoms with Crippen LogP contribution >= 0.6 is 0 Å². The number of carbonyl (C=O) groups is 2. The van der Waals surface area contributed by atoms with Gasteiger partial charge >= 0.3 is 5.97 Å². The summed E-state index contributed by atoms with van der Waals surface area (Å²) in [5, 5.41) is 9.91. The van der Waals surface area contributed by atoms with Crippen molar-refractivity contribution < 1.29 is 19.4 Å². The highest BCUT2D eigenvalue weighted by Gasteiger charge is 2.37. The molecule has 0 unspecified atom stereocenters. The molecule has 1 aliphatic heterocycles. The van der Waals surface area contributed by atoms with Crippen molar-refractivity contribution in [1.82, 2.24) is 4.90 Å². The number of carbonyl (C=O) groups excluding carboxylic acids is 2. The molecule has 0 atom stereocenters. The molecule has 0 aromatic heterocycles. The molecule has 122 valence electrons. The Hall–Kier alpha value is -2.56. The Morgan fingerprint density at radius 3 is 2.57 bits per heavy atom. The summed E-state index contributed by atoms with van der Waals surface area (Å²) in [5.74, 6) is -0.488. The number of esters is 1. The molecule has 0 radical (unpaired) electrons. The van der Waals surface area contributed by atoms with Crippen LogP contribution in [0, 0.1) is 5.92 Å². The lowest BCUT2D eigenvalue weighted by Gasteiger charge is -2.19. The topological polar surface area (TPSA) is 66.8 Å². The zero-order valence-electron chi connectivity index (χ0n) is 13.8. The molecular weight excluding hydrogens is 294 g/mol. The van der Waals surface area contributed by atoms with E-state index in [1.165, 1.54) is 19.3 Å². The molecule has 0 saturated heterocycles. The first kappa shape index (κ1) is 16.8. The molecule has 5 nitrogen and oxygen atoms in total. The van der Waals surface area contributed by atoms with Gasteiger partial charge in [-0.2, -0.15) is 0 Å². The van der Waals surface area contributed by atoms with E-state index in [0.29, 0.717) is 17.8 Å². The lowest BCUT2D eigenvalue weighted by Crippen LogP contribution is -2.28. The number of methoxy groups -OCH3 is 1. The van der Waals surface area contributed by atoms with E-state index in [9.17, 15) is 14.7 Å². The van der Waals surface area contributed by atoms with Crippen molar-refractivity contribution in [2.24, 2.45) is 5.92 Å². The maximum atomic E-state index is 12.7. The Morgan fingerprint density at radius 2 is 2.00 bits per heavy atom. The van der Waals surface area contributed by atoms with E-state index in [0.717, 1.165) is 0 Å². The molecule has 5 heteroatoms. The lowest BCUT2D eigenvalue weighted by atomic mass is 10.0. The Bertz CT molecular complexity index is 701. The molecular formula is C18H21NO4. The normalized spacial score (nSPS) is 16.7. The summed E-state index contributed by atoms with van der Waals surface area (Å²) in [4.78, 5) is 26.4. The Labute approximate surface area is 135 Å². The van der Waals surface area contributed by atoms with E-state index in [2.05, 4.69) is 0 Å². The average Bonchev–Trinajstić information content (AvgIpc) is 2.73. The van der Waals surface area contributed by atoms with Crippen LogP contribution in [0.5, 0.6) is 5.75 Å². The van der Waals surface area contributed by atoms with E-state index in [1.807, 2.05) is 13.8 Å². The fraction of sp³-hybridized carbons (Fsp3) is 0.333. The highest BCUT2D eigenvalue weighted by Crippen LogP contribution is 2.33. The first-order valence-corrected chi connectivity index (χ1v) is 7.48. The van der Waals surface area contributed by atoms with Crippen molar-refractivity contribution >= 4 is 18.0 Å². The van der Waals surface area contributed by atoms with Crippen LogP contribution in [0.1, 0.15) is 26.3 Å². The Kier molecular flexibility index (Phi) is 4.89. The van der Waals surface area contributed by atoms with Crippen LogP contribution in [0.4, 0.5) is 0 Å². The van der Waals surface area contributed by atoms with Crippen molar-refractivity contribution in [3.05, 3.63) is 46.7 Å². The number of hydrogen-bond acceptors (Lipinski definition) is 4. The predicted octanol–water partition coefficient (Wildman–Crippen LogP) is 2.72. The van der Waals surface area contributed by atoms with E-state index in [4.69, 9.17) is 4.74 Å². The number of phenols is 1. The van der Waals surface area contributed by atoms with Crippen molar-refractivity contribution in [1.29, 1.82) is 0 Å². The summed E-state index contributed by atoms with van der Waals surface area (Å²) in [6.45, 7) is 6.26. The number of rotatable bonds is 4. The van der Waals surface area contributed by atoms with Crippen molar-refractivity contribution in [2.45, 2.75) is 20.8 Å². The summed E-state index contributed by atoms with van der Waals surface area (Å²) in [7, 11) is 1.29. The third-order valence-corrected chi connectivity index (χ3v) is 3.69. The number of aromatic hydroxyl groups is 1. The van der Waals surface area contributed by atoms with Crippen LogP contribution in [0.25, 0.3) is 6.08 Å². The molecule has 1 amide bonds. The molecule has 0 saturated carbocycles. The smallest absolute Gasteiger partial charge is 0.340 e. The highest BCUT2D eigenvalue weighted by atomic mass is 16.5. The number of phenolic OH excluding ortho intramolecular Hbond substituents is 1. The highest BCUT2D eigenvalue weighted by molar-refractivity contribution is 6.16. The van der Waals surface area contributed by atoms with Crippen LogP contribution in [-0.2, 0) is 14.3 Å². The standard InChI is InChI=1S/C18H21NO4/c1-11(2)10-19-12(3)16(18(22)23-4)14(17(19)21)9-13-7-5-6-8-15(13)20/h5-9,11,20H,10H2,1-4H3/b14-9+. The number of para-hydroxylation sites is 1. The zero-order valence-corrected chi connectivity index (χ0v) is 13.8. The summed E-state index contributed by atoms with van der Waals surface area (Å²) in [5.41, 5.74) is 1.56. The second kappa shape index (κ2) is 6.69. The van der Waals surface area contributed by atoms with Gasteiger partial charge in [-0.1, -0.05) is 32.0 Å². The predicted molar refractivity (Wildman–Crippen MR) is 87.4 cm³/mol. The van der Waals surface area contributed by atoms with E-state index < -0.39 is 5.97 Å². The van der Waals surface area contributed by atoms with Crippen LogP contribution in [0.2, 0.25) is 0 Å². The van der Waals surface area contributed by atoms with Gasteiger partial charge in [0.25, 0.3) is 5.91 Å². The quantitative estimate of drug-likeness (QED) is 0.685. The minimum atomic E-state index is -0.552. The molecule has 1 aliphatic rings. The van der Waals surface area contributed by atoms with Crippen LogP contribution < -0.4 is 0 Å². The summed E-state index contributed by atoms with van der Waals surface area (Å²) < 4.78 is 4.83. The molecule has 1 aromatic carbocycles. The van der Waals surface area contributed by atoms with E-state index in [-0.39, 0.29) is 28.7 Å². The molecule has 0 fully saturated rings. The molecule has 23 heavy (non-hydrogen) atoms. The first-order chi connectivity index (χ1) is 10.9. The molecule has 2 rings (SSSR count). The number of amides is 1. The van der Waals surface area contributed by atoms with Gasteiger partial charge < -0.3 is 14.7 Å². The average molecular weight is 315 g/mol. The van der Waals surface area contributed by atoms with Gasteiger partial charge in [0.05, 0.1) is 18.3 Å². The van der Waals surface area contributed by atoms with Gasteiger partial charge in [0.2, 0.25) is 0 Å². The van der Waals surface area contributed by atoms with E-state index >= 15 is 0 Å². The van der Waals surface area contributed by atoms with Crippen molar-refractivity contribution in [3.63, 3.8) is 0 Å². The van der Waals surface area contributed by atoms with Gasteiger partial charge in [-0.3, -0.25) is 4.79 Å². The van der Waals surface area contributed by atoms with Gasteiger partial charge in [-0.05, 0) is 25.0 Å². The maximum Gasteiger partial charge on any atom is 0.340 e. The molecule has 1 aromatic rings. The van der Waals surface area contributed by atoms with Crippen molar-refractivity contribution in [2.75, 3.05) is 13.7 Å². The molecule has 1 heterocycles. The summed E-state index contributed by atoms with van der Waals surface area (Å²) in [6.07, 6.45) is 1.54. The van der Waals surface area contributed by atoms with Crippen LogP contribution in [0.3, 0.4) is 0 Å². The fourth-order valence-corrected chi connectivity index (χ4v) is 2.58. The molecule has 1 N–H and O–H groups in total. The van der Waals surface area contributed by atoms with Gasteiger partial charge in [-0.25, -0.2) is 4.79 Å². The fourth-order valence-electron chi connectivity index (χ4n) is 2.58. The summed E-state index contributed by atoms with van der Waals surface area (Å²) >= 11 is 0. The third kappa shape index (κ3) is 3.28. The molecule has 0 spiro atoms. The SMILES string of the molecule is COC(=O)C1=C(C)N(CC(C)C)C(=O)/C1=C/c1ccccc1O.